The minimum Gasteiger partial charge on any atom is -0.496 e. The summed E-state index contributed by atoms with van der Waals surface area (Å²) in [5.41, 5.74) is 4.43. The molecular weight excluding hydrogens is 275 g/mol. The molecule has 3 aromatic carbocycles. The van der Waals surface area contributed by atoms with Crippen LogP contribution < -0.4 is 4.74 Å². The zero-order valence-corrected chi connectivity index (χ0v) is 12.6. The Labute approximate surface area is 130 Å². The SMILES string of the molecule is COc1cc(-c2ccccc2)ccc1-c1c(C)cccc1F. The summed E-state index contributed by atoms with van der Waals surface area (Å²) in [6.45, 7) is 1.91. The molecule has 0 aliphatic rings. The second kappa shape index (κ2) is 6.02. The van der Waals surface area contributed by atoms with Crippen LogP contribution in [0.1, 0.15) is 5.56 Å². The third-order valence-corrected chi connectivity index (χ3v) is 3.80. The van der Waals surface area contributed by atoms with Crippen LogP contribution in [0.3, 0.4) is 0 Å². The van der Waals surface area contributed by atoms with Crippen molar-refractivity contribution < 1.29 is 9.13 Å². The summed E-state index contributed by atoms with van der Waals surface area (Å²) in [5.74, 6) is 0.445. The Morgan fingerprint density at radius 2 is 1.59 bits per heavy atom. The molecular formula is C20H17FO. The average Bonchev–Trinajstić information content (AvgIpc) is 2.55. The van der Waals surface area contributed by atoms with Gasteiger partial charge in [-0.2, -0.15) is 0 Å². The molecule has 0 atom stereocenters. The normalized spacial score (nSPS) is 10.5. The minimum absolute atomic E-state index is 0.231. The molecule has 110 valence electrons. The second-order valence-electron chi connectivity index (χ2n) is 5.21. The monoisotopic (exact) mass is 292 g/mol. The molecule has 0 unspecified atom stereocenters. The summed E-state index contributed by atoms with van der Waals surface area (Å²) in [5, 5.41) is 0. The van der Waals surface area contributed by atoms with Crippen molar-refractivity contribution in [2.24, 2.45) is 0 Å². The summed E-state index contributed by atoms with van der Waals surface area (Å²) >= 11 is 0. The maximum Gasteiger partial charge on any atom is 0.131 e. The van der Waals surface area contributed by atoms with E-state index in [4.69, 9.17) is 4.74 Å². The molecule has 0 aliphatic carbocycles. The predicted molar refractivity (Wildman–Crippen MR) is 88.6 cm³/mol. The van der Waals surface area contributed by atoms with Crippen molar-refractivity contribution >= 4 is 0 Å². The lowest BCUT2D eigenvalue weighted by molar-refractivity contribution is 0.416. The molecule has 0 saturated carbocycles. The van der Waals surface area contributed by atoms with E-state index in [2.05, 4.69) is 0 Å². The third kappa shape index (κ3) is 2.60. The maximum atomic E-state index is 14.2. The quantitative estimate of drug-likeness (QED) is 0.621. The Hall–Kier alpha value is -2.61. The molecule has 0 spiro atoms. The highest BCUT2D eigenvalue weighted by atomic mass is 19.1. The van der Waals surface area contributed by atoms with Gasteiger partial charge in [-0.1, -0.05) is 48.5 Å². The molecule has 0 aromatic heterocycles. The smallest absolute Gasteiger partial charge is 0.131 e. The number of ether oxygens (including phenoxy) is 1. The van der Waals surface area contributed by atoms with Gasteiger partial charge in [-0.25, -0.2) is 4.39 Å². The van der Waals surface area contributed by atoms with Crippen molar-refractivity contribution in [2.75, 3.05) is 7.11 Å². The molecule has 3 aromatic rings. The highest BCUT2D eigenvalue weighted by Crippen LogP contribution is 2.36. The largest absolute Gasteiger partial charge is 0.496 e. The van der Waals surface area contributed by atoms with Crippen LogP contribution in [0.5, 0.6) is 5.75 Å². The Morgan fingerprint density at radius 1 is 0.818 bits per heavy atom. The minimum atomic E-state index is -0.231. The zero-order chi connectivity index (χ0) is 15.5. The number of aryl methyl sites for hydroxylation is 1. The van der Waals surface area contributed by atoms with Crippen molar-refractivity contribution in [1.82, 2.24) is 0 Å². The van der Waals surface area contributed by atoms with Crippen LogP contribution in [0, 0.1) is 12.7 Å². The van der Waals surface area contributed by atoms with Crippen LogP contribution in [0.15, 0.2) is 66.7 Å². The molecule has 2 heteroatoms. The Balaban J connectivity index is 2.15. The van der Waals surface area contributed by atoms with Crippen LogP contribution in [0.2, 0.25) is 0 Å². The predicted octanol–water partition coefficient (Wildman–Crippen LogP) is 5.48. The summed E-state index contributed by atoms with van der Waals surface area (Å²) in [7, 11) is 1.61. The van der Waals surface area contributed by atoms with Gasteiger partial charge < -0.3 is 4.74 Å². The van der Waals surface area contributed by atoms with Gasteiger partial charge in [-0.3, -0.25) is 0 Å². The van der Waals surface area contributed by atoms with Crippen LogP contribution >= 0.6 is 0 Å². The second-order valence-corrected chi connectivity index (χ2v) is 5.21. The van der Waals surface area contributed by atoms with Gasteiger partial charge in [-0.05, 0) is 41.8 Å². The van der Waals surface area contributed by atoms with Gasteiger partial charge in [0.05, 0.1) is 7.11 Å². The van der Waals surface area contributed by atoms with E-state index in [0.717, 1.165) is 22.3 Å². The molecule has 0 radical (unpaired) electrons. The summed E-state index contributed by atoms with van der Waals surface area (Å²) < 4.78 is 19.7. The van der Waals surface area contributed by atoms with Gasteiger partial charge in [-0.15, -0.1) is 0 Å². The number of methoxy groups -OCH3 is 1. The van der Waals surface area contributed by atoms with E-state index in [1.165, 1.54) is 6.07 Å². The van der Waals surface area contributed by atoms with E-state index >= 15 is 0 Å². The molecule has 0 aliphatic heterocycles. The number of rotatable bonds is 3. The number of benzene rings is 3. The lowest BCUT2D eigenvalue weighted by Crippen LogP contribution is -1.94. The van der Waals surface area contributed by atoms with Crippen molar-refractivity contribution in [3.63, 3.8) is 0 Å². The molecule has 3 rings (SSSR count). The molecule has 0 amide bonds. The molecule has 0 saturated heterocycles. The first-order valence-electron chi connectivity index (χ1n) is 7.19. The van der Waals surface area contributed by atoms with Gasteiger partial charge in [0.2, 0.25) is 0 Å². The molecule has 0 bridgehead atoms. The molecule has 0 heterocycles. The Kier molecular flexibility index (Phi) is 3.92. The highest BCUT2D eigenvalue weighted by molar-refractivity contribution is 5.78. The van der Waals surface area contributed by atoms with Crippen LogP contribution in [-0.4, -0.2) is 7.11 Å². The van der Waals surface area contributed by atoms with Gasteiger partial charge >= 0.3 is 0 Å². The van der Waals surface area contributed by atoms with Crippen molar-refractivity contribution in [1.29, 1.82) is 0 Å². The standard InChI is InChI=1S/C20H17FO/c1-14-7-6-10-18(21)20(14)17-12-11-16(13-19(17)22-2)15-8-4-3-5-9-15/h3-13H,1-2H3. The van der Waals surface area contributed by atoms with Crippen LogP contribution in [0.4, 0.5) is 4.39 Å². The number of halogens is 1. The van der Waals surface area contributed by atoms with Crippen molar-refractivity contribution in [3.8, 4) is 28.0 Å². The van der Waals surface area contributed by atoms with Crippen LogP contribution in [0.25, 0.3) is 22.3 Å². The maximum absolute atomic E-state index is 14.2. The van der Waals surface area contributed by atoms with Gasteiger partial charge in [0.25, 0.3) is 0 Å². The van der Waals surface area contributed by atoms with E-state index in [-0.39, 0.29) is 5.82 Å². The molecule has 0 fully saturated rings. The van der Waals surface area contributed by atoms with E-state index in [0.29, 0.717) is 11.3 Å². The van der Waals surface area contributed by atoms with E-state index in [1.807, 2.05) is 61.5 Å². The summed E-state index contributed by atoms with van der Waals surface area (Å²) in [6, 6.07) is 21.0. The first kappa shape index (κ1) is 14.3. The highest BCUT2D eigenvalue weighted by Gasteiger charge is 2.14. The van der Waals surface area contributed by atoms with Gasteiger partial charge in [0.15, 0.2) is 0 Å². The average molecular weight is 292 g/mol. The lowest BCUT2D eigenvalue weighted by atomic mass is 9.96. The summed E-state index contributed by atoms with van der Waals surface area (Å²) in [6.07, 6.45) is 0. The first-order chi connectivity index (χ1) is 10.7. The molecule has 1 nitrogen and oxygen atoms in total. The molecule has 22 heavy (non-hydrogen) atoms. The van der Waals surface area contributed by atoms with E-state index in [9.17, 15) is 4.39 Å². The fraction of sp³-hybridized carbons (Fsp3) is 0.100. The fourth-order valence-electron chi connectivity index (χ4n) is 2.68. The first-order valence-corrected chi connectivity index (χ1v) is 7.19. The fourth-order valence-corrected chi connectivity index (χ4v) is 2.68. The van der Waals surface area contributed by atoms with E-state index < -0.39 is 0 Å². The van der Waals surface area contributed by atoms with Crippen molar-refractivity contribution in [3.05, 3.63) is 78.1 Å². The number of hydrogen-bond acceptors (Lipinski definition) is 1. The third-order valence-electron chi connectivity index (χ3n) is 3.80. The van der Waals surface area contributed by atoms with Gasteiger partial charge in [0, 0.05) is 11.1 Å². The number of hydrogen-bond donors (Lipinski definition) is 0. The van der Waals surface area contributed by atoms with Crippen molar-refractivity contribution in [2.45, 2.75) is 6.92 Å². The Morgan fingerprint density at radius 3 is 2.27 bits per heavy atom. The Bertz CT molecular complexity index is 774. The van der Waals surface area contributed by atoms with E-state index in [1.54, 1.807) is 13.2 Å². The lowest BCUT2D eigenvalue weighted by Gasteiger charge is -2.14. The zero-order valence-electron chi connectivity index (χ0n) is 12.6. The van der Waals surface area contributed by atoms with Gasteiger partial charge in [0.1, 0.15) is 11.6 Å². The molecule has 0 N–H and O–H groups in total. The van der Waals surface area contributed by atoms with Crippen LogP contribution in [-0.2, 0) is 0 Å². The topological polar surface area (TPSA) is 9.23 Å². The summed E-state index contributed by atoms with van der Waals surface area (Å²) in [4.78, 5) is 0.